The summed E-state index contributed by atoms with van der Waals surface area (Å²) in [6, 6.07) is 0.907. The number of phosphoric acid groups is 2. The van der Waals surface area contributed by atoms with Crippen LogP contribution >= 0.6 is 15.6 Å². The van der Waals surface area contributed by atoms with Gasteiger partial charge in [-0.25, -0.2) is 28.9 Å². The number of anilines is 1. The van der Waals surface area contributed by atoms with E-state index in [0.717, 1.165) is 18.6 Å². The Morgan fingerprint density at radius 3 is 2.20 bits per heavy atom. The zero-order chi connectivity index (χ0) is 31.3. The second kappa shape index (κ2) is 15.1. The third-order valence-corrected chi connectivity index (χ3v) is 8.00. The first-order valence-electron chi connectivity index (χ1n) is 12.1. The maximum Gasteiger partial charge on any atom is 0.472 e. The first kappa shape index (κ1) is 38.5. The van der Waals surface area contributed by atoms with Gasteiger partial charge in [-0.1, -0.05) is 0 Å². The number of nitrogen functional groups attached to an aromatic ring is 1. The maximum absolute atomic E-state index is 12.9. The van der Waals surface area contributed by atoms with Gasteiger partial charge < -0.3 is 45.2 Å². The van der Waals surface area contributed by atoms with Crippen molar-refractivity contribution < 1.29 is 62.2 Å². The summed E-state index contributed by atoms with van der Waals surface area (Å²) in [7, 11) is -10.5. The van der Waals surface area contributed by atoms with Crippen molar-refractivity contribution in [2.24, 2.45) is 0 Å². The molecule has 5 rings (SSSR count). The number of fused-ring (bicyclic) bond motifs is 1. The third-order valence-electron chi connectivity index (χ3n) is 6.50. The standard InChI is InChI=1S/C19H25N7O15P2.2Na/c20-15-10-16(22-5-21-15)26(6-23-10)18-11(29)13(7(3-27)38-18)41-43(35,36)37-4-8-14(40-42(32,33)34)12(30)17(39-8)25-2-1-9(28)24-19(25)31;;/h1-2,5-8,11-14,17-18,27,29-30H,3-4H2,(H,35,36)(H2,20,21,22)(H,24,28,31)(H2,32,33,34);;/t7-,8-,11-,12-,13-,14-,17-,18-;;/m1../s1. The zero-order valence-electron chi connectivity index (χ0n) is 23.4. The Morgan fingerprint density at radius 1 is 0.956 bits per heavy atom. The quantitative estimate of drug-likeness (QED) is 0.0732. The summed E-state index contributed by atoms with van der Waals surface area (Å²) < 4.78 is 52.0. The van der Waals surface area contributed by atoms with Gasteiger partial charge in [0.05, 0.1) is 19.5 Å². The summed E-state index contributed by atoms with van der Waals surface area (Å²) in [6.07, 6.45) is -10.0. The Labute approximate surface area is 294 Å². The van der Waals surface area contributed by atoms with E-state index in [4.69, 9.17) is 24.3 Å². The molecule has 2 saturated heterocycles. The smallest absolute Gasteiger partial charge is 0.394 e. The molecule has 45 heavy (non-hydrogen) atoms. The number of aromatic amines is 1. The summed E-state index contributed by atoms with van der Waals surface area (Å²) >= 11 is 0. The Balaban J connectivity index is 0.00000276. The van der Waals surface area contributed by atoms with E-state index in [1.807, 2.05) is 4.98 Å². The fraction of sp³-hybridized carbons (Fsp3) is 0.526. The maximum atomic E-state index is 12.9. The molecule has 2 fully saturated rings. The molecule has 2 aliphatic rings. The van der Waals surface area contributed by atoms with Crippen molar-refractivity contribution in [2.45, 2.75) is 49.1 Å². The molecule has 238 valence electrons. The Bertz CT molecular complexity index is 1700. The summed E-state index contributed by atoms with van der Waals surface area (Å²) in [5.41, 5.74) is 4.25. The molecule has 0 aliphatic carbocycles. The number of H-pyrrole nitrogens is 1. The molecular formula is C19H25N7Na2O15P2. The zero-order valence-corrected chi connectivity index (χ0v) is 29.2. The van der Waals surface area contributed by atoms with Gasteiger partial charge in [0.15, 0.2) is 23.9 Å². The Kier molecular flexibility index (Phi) is 12.9. The normalized spacial score (nSPS) is 29.6. The first-order chi connectivity index (χ1) is 20.2. The van der Waals surface area contributed by atoms with Crippen molar-refractivity contribution >= 4 is 91.7 Å². The number of aliphatic hydroxyl groups is 3. The second-order valence-electron chi connectivity index (χ2n) is 9.29. The number of aliphatic hydroxyl groups excluding tert-OH is 3. The molecule has 0 spiro atoms. The molecule has 5 heterocycles. The third kappa shape index (κ3) is 8.38. The molecule has 1 unspecified atom stereocenters. The van der Waals surface area contributed by atoms with E-state index >= 15 is 0 Å². The predicted octanol–water partition coefficient (Wildman–Crippen LogP) is -4.31. The van der Waals surface area contributed by atoms with E-state index in [2.05, 4.69) is 19.5 Å². The minimum atomic E-state index is -5.29. The number of nitrogens with zero attached hydrogens (tertiary/aromatic N) is 5. The van der Waals surface area contributed by atoms with Crippen molar-refractivity contribution in [2.75, 3.05) is 18.9 Å². The van der Waals surface area contributed by atoms with Crippen molar-refractivity contribution in [1.29, 1.82) is 0 Å². The monoisotopic (exact) mass is 699 g/mol. The van der Waals surface area contributed by atoms with Gasteiger partial charge in [-0.2, -0.15) is 0 Å². The number of imidazole rings is 1. The Morgan fingerprint density at radius 2 is 1.58 bits per heavy atom. The van der Waals surface area contributed by atoms with Gasteiger partial charge in [0, 0.05) is 71.4 Å². The minimum Gasteiger partial charge on any atom is -0.394 e. The van der Waals surface area contributed by atoms with Gasteiger partial charge >= 0.3 is 21.3 Å². The summed E-state index contributed by atoms with van der Waals surface area (Å²) in [5, 5.41) is 31.3. The van der Waals surface area contributed by atoms with Crippen LogP contribution in [0.25, 0.3) is 11.2 Å². The molecule has 3 aromatic heterocycles. The number of aromatic nitrogens is 6. The molecule has 0 saturated carbocycles. The Hall–Kier alpha value is -0.950. The summed E-state index contributed by atoms with van der Waals surface area (Å²) in [5.74, 6) is 0.0314. The fourth-order valence-electron chi connectivity index (χ4n) is 4.63. The van der Waals surface area contributed by atoms with Crippen LogP contribution in [0.5, 0.6) is 0 Å². The van der Waals surface area contributed by atoms with E-state index in [0.29, 0.717) is 4.57 Å². The molecule has 0 bridgehead atoms. The van der Waals surface area contributed by atoms with Crippen LogP contribution in [0.2, 0.25) is 0 Å². The van der Waals surface area contributed by atoms with Crippen LogP contribution in [-0.2, 0) is 32.2 Å². The van der Waals surface area contributed by atoms with Crippen LogP contribution in [0.3, 0.4) is 0 Å². The van der Waals surface area contributed by atoms with Crippen LogP contribution in [0.4, 0.5) is 5.82 Å². The molecule has 0 amide bonds. The predicted molar refractivity (Wildman–Crippen MR) is 147 cm³/mol. The van der Waals surface area contributed by atoms with Crippen LogP contribution in [-0.4, -0.2) is 168 Å². The SMILES string of the molecule is Nc1ncnc2c1ncn2[C@@H]1O[C@H](CO)[C@@H](OP(=O)(O)OC[C@H]2O[C@@H](n3ccc(=O)[nH]c3=O)[C@H](O)[C@@H]2OP(=O)(O)O)[C@H]1O.[Na].[Na]. The largest absolute Gasteiger partial charge is 0.472 e. The van der Waals surface area contributed by atoms with Gasteiger partial charge in [-0.05, 0) is 0 Å². The van der Waals surface area contributed by atoms with Gasteiger partial charge in [0.2, 0.25) is 0 Å². The summed E-state index contributed by atoms with van der Waals surface area (Å²) in [4.78, 5) is 66.4. The minimum absolute atomic E-state index is 0. The van der Waals surface area contributed by atoms with Crippen LogP contribution in [0.1, 0.15) is 12.5 Å². The topological polar surface area (TPSA) is 326 Å². The van der Waals surface area contributed by atoms with Crippen LogP contribution in [0, 0.1) is 0 Å². The van der Waals surface area contributed by atoms with Crippen molar-refractivity contribution in [3.05, 3.63) is 45.8 Å². The average Bonchev–Trinajstić information content (AvgIpc) is 3.57. The number of ether oxygens (including phenoxy) is 2. The van der Waals surface area contributed by atoms with Crippen molar-refractivity contribution in [3.8, 4) is 0 Å². The number of nitrogens with two attached hydrogens (primary N) is 1. The molecule has 0 aromatic carbocycles. The molecule has 22 nitrogen and oxygen atoms in total. The van der Waals surface area contributed by atoms with Crippen molar-refractivity contribution in [1.82, 2.24) is 29.1 Å². The molecule has 2 aliphatic heterocycles. The number of hydrogen-bond acceptors (Lipinski definition) is 16. The second-order valence-corrected chi connectivity index (χ2v) is 11.9. The average molecular weight is 699 g/mol. The summed E-state index contributed by atoms with van der Waals surface area (Å²) in [6.45, 7) is -1.79. The van der Waals surface area contributed by atoms with Crippen LogP contribution in [0.15, 0.2) is 34.5 Å². The molecule has 2 radical (unpaired) electrons. The van der Waals surface area contributed by atoms with E-state index in [-0.39, 0.29) is 76.1 Å². The van der Waals surface area contributed by atoms with E-state index in [9.17, 15) is 48.7 Å². The number of phosphoric ester groups is 2. The van der Waals surface area contributed by atoms with E-state index in [1.54, 1.807) is 0 Å². The molecule has 9 atom stereocenters. The van der Waals surface area contributed by atoms with Gasteiger partial charge in [0.25, 0.3) is 5.56 Å². The number of hydrogen-bond donors (Lipinski definition) is 8. The molecule has 26 heteroatoms. The van der Waals surface area contributed by atoms with Crippen LogP contribution < -0.4 is 17.0 Å². The van der Waals surface area contributed by atoms with Gasteiger partial charge in [0.1, 0.15) is 48.5 Å². The molecule has 3 aromatic rings. The molecular weight excluding hydrogens is 674 g/mol. The van der Waals surface area contributed by atoms with Gasteiger partial charge in [-0.3, -0.25) is 32.5 Å². The van der Waals surface area contributed by atoms with Gasteiger partial charge in [-0.15, -0.1) is 0 Å². The van der Waals surface area contributed by atoms with Crippen molar-refractivity contribution in [3.63, 3.8) is 0 Å². The fourth-order valence-corrected chi connectivity index (χ4v) is 6.18. The van der Waals surface area contributed by atoms with E-state index in [1.165, 1.54) is 10.9 Å². The van der Waals surface area contributed by atoms with E-state index < -0.39 is 89.2 Å². The molecule has 9 N–H and O–H groups in total. The number of rotatable bonds is 10. The first-order valence-corrected chi connectivity index (χ1v) is 15.1. The number of nitrogens with one attached hydrogen (secondary N) is 1.